The van der Waals surface area contributed by atoms with Crippen LogP contribution < -0.4 is 0 Å². The number of carboxylic acids is 1. The molecule has 15 heavy (non-hydrogen) atoms. The van der Waals surface area contributed by atoms with Gasteiger partial charge in [0.15, 0.2) is 0 Å². The summed E-state index contributed by atoms with van der Waals surface area (Å²) in [6, 6.07) is 0.571. The fourth-order valence-electron chi connectivity index (χ4n) is 3.27. The number of carboxylic acid groups (broad SMARTS) is 1. The Balaban J connectivity index is 1.91. The number of nitrogens with zero attached hydrogens (tertiary/aromatic N) is 1. The van der Waals surface area contributed by atoms with Gasteiger partial charge in [0.05, 0.1) is 6.54 Å². The van der Waals surface area contributed by atoms with E-state index in [-0.39, 0.29) is 6.54 Å². The predicted octanol–water partition coefficient (Wildman–Crippen LogP) is 2.12. The highest BCUT2D eigenvalue weighted by atomic mass is 16.4. The molecule has 0 unspecified atom stereocenters. The summed E-state index contributed by atoms with van der Waals surface area (Å²) >= 11 is 0. The first-order chi connectivity index (χ1) is 7.27. The van der Waals surface area contributed by atoms with E-state index in [0.29, 0.717) is 6.04 Å². The van der Waals surface area contributed by atoms with Gasteiger partial charge in [-0.05, 0) is 38.1 Å². The van der Waals surface area contributed by atoms with Gasteiger partial charge in [-0.1, -0.05) is 19.3 Å². The first kappa shape index (κ1) is 10.9. The molecule has 0 bridgehead atoms. The summed E-state index contributed by atoms with van der Waals surface area (Å²) in [6.07, 6.45) is 9.13. The Hall–Kier alpha value is -0.570. The molecule has 86 valence electrons. The Kier molecular flexibility index (Phi) is 3.62. The van der Waals surface area contributed by atoms with Gasteiger partial charge < -0.3 is 5.11 Å². The Labute approximate surface area is 91.5 Å². The van der Waals surface area contributed by atoms with Crippen molar-refractivity contribution in [2.45, 2.75) is 51.0 Å². The molecule has 0 aromatic carbocycles. The van der Waals surface area contributed by atoms with Gasteiger partial charge in [0.1, 0.15) is 0 Å². The number of rotatable bonds is 3. The summed E-state index contributed by atoms with van der Waals surface area (Å²) in [5, 5.41) is 8.85. The van der Waals surface area contributed by atoms with Crippen molar-refractivity contribution >= 4 is 5.97 Å². The quantitative estimate of drug-likeness (QED) is 0.777. The lowest BCUT2D eigenvalue weighted by molar-refractivity contribution is -0.138. The SMILES string of the molecule is O=C(O)CN1CCC[C@H]1C1CCCCC1. The number of aliphatic carboxylic acids is 1. The third-order valence-electron chi connectivity index (χ3n) is 3.95. The fraction of sp³-hybridized carbons (Fsp3) is 0.917. The molecule has 3 heteroatoms. The average Bonchev–Trinajstić information content (AvgIpc) is 2.66. The average molecular weight is 211 g/mol. The van der Waals surface area contributed by atoms with Gasteiger partial charge in [-0.2, -0.15) is 0 Å². The van der Waals surface area contributed by atoms with Gasteiger partial charge in [0.2, 0.25) is 0 Å². The van der Waals surface area contributed by atoms with Crippen LogP contribution in [0.5, 0.6) is 0 Å². The van der Waals surface area contributed by atoms with Gasteiger partial charge >= 0.3 is 5.97 Å². The second kappa shape index (κ2) is 4.97. The summed E-state index contributed by atoms with van der Waals surface area (Å²) in [5.41, 5.74) is 0. The molecule has 0 radical (unpaired) electrons. The van der Waals surface area contributed by atoms with Gasteiger partial charge in [-0.3, -0.25) is 9.69 Å². The minimum absolute atomic E-state index is 0.251. The topological polar surface area (TPSA) is 40.5 Å². The summed E-state index contributed by atoms with van der Waals surface area (Å²) in [7, 11) is 0. The lowest BCUT2D eigenvalue weighted by atomic mass is 9.83. The van der Waals surface area contributed by atoms with E-state index in [1.54, 1.807) is 0 Å². The molecule has 1 saturated heterocycles. The first-order valence-electron chi connectivity index (χ1n) is 6.23. The second-order valence-electron chi connectivity index (χ2n) is 4.97. The molecule has 1 aliphatic heterocycles. The minimum Gasteiger partial charge on any atom is -0.480 e. The minimum atomic E-state index is -0.669. The summed E-state index contributed by atoms with van der Waals surface area (Å²) < 4.78 is 0. The van der Waals surface area contributed by atoms with Crippen molar-refractivity contribution in [1.29, 1.82) is 0 Å². The van der Waals surface area contributed by atoms with E-state index >= 15 is 0 Å². The number of hydrogen-bond acceptors (Lipinski definition) is 2. The van der Waals surface area contributed by atoms with Crippen molar-refractivity contribution < 1.29 is 9.90 Å². The molecule has 0 spiro atoms. The Morgan fingerprint density at radius 3 is 2.53 bits per heavy atom. The molecule has 1 saturated carbocycles. The molecular formula is C12H21NO2. The zero-order chi connectivity index (χ0) is 10.7. The first-order valence-corrected chi connectivity index (χ1v) is 6.23. The van der Waals surface area contributed by atoms with Crippen LogP contribution in [0, 0.1) is 5.92 Å². The zero-order valence-electron chi connectivity index (χ0n) is 9.32. The molecule has 2 fully saturated rings. The van der Waals surface area contributed by atoms with E-state index < -0.39 is 5.97 Å². The van der Waals surface area contributed by atoms with E-state index in [1.807, 2.05) is 0 Å². The normalized spacial score (nSPS) is 29.5. The largest absolute Gasteiger partial charge is 0.480 e. The van der Waals surface area contributed by atoms with Crippen LogP contribution in [-0.4, -0.2) is 35.1 Å². The van der Waals surface area contributed by atoms with E-state index in [9.17, 15) is 4.79 Å². The number of carbonyl (C=O) groups is 1. The molecule has 0 amide bonds. The third kappa shape index (κ3) is 2.71. The summed E-state index contributed by atoms with van der Waals surface area (Å²) in [6.45, 7) is 1.24. The van der Waals surface area contributed by atoms with Gasteiger partial charge in [0.25, 0.3) is 0 Å². The van der Waals surface area contributed by atoms with Crippen LogP contribution in [0.15, 0.2) is 0 Å². The molecule has 0 aromatic rings. The van der Waals surface area contributed by atoms with E-state index in [4.69, 9.17) is 5.11 Å². The summed E-state index contributed by atoms with van der Waals surface area (Å²) in [4.78, 5) is 12.9. The number of likely N-dealkylation sites (tertiary alicyclic amines) is 1. The number of hydrogen-bond donors (Lipinski definition) is 1. The van der Waals surface area contributed by atoms with Crippen LogP contribution >= 0.6 is 0 Å². The van der Waals surface area contributed by atoms with Crippen molar-refractivity contribution in [2.24, 2.45) is 5.92 Å². The molecular weight excluding hydrogens is 190 g/mol. The highest BCUT2D eigenvalue weighted by Crippen LogP contribution is 2.33. The molecule has 1 N–H and O–H groups in total. The fourth-order valence-corrected chi connectivity index (χ4v) is 3.27. The maximum absolute atomic E-state index is 10.7. The lowest BCUT2D eigenvalue weighted by Gasteiger charge is -2.33. The van der Waals surface area contributed by atoms with Crippen molar-refractivity contribution in [3.8, 4) is 0 Å². The lowest BCUT2D eigenvalue weighted by Crippen LogP contribution is -2.39. The molecule has 1 heterocycles. The van der Waals surface area contributed by atoms with Crippen molar-refractivity contribution in [3.05, 3.63) is 0 Å². The van der Waals surface area contributed by atoms with Crippen molar-refractivity contribution in [1.82, 2.24) is 4.90 Å². The van der Waals surface area contributed by atoms with Gasteiger partial charge in [0, 0.05) is 6.04 Å². The van der Waals surface area contributed by atoms with E-state index in [0.717, 1.165) is 12.5 Å². The van der Waals surface area contributed by atoms with Crippen LogP contribution in [0.4, 0.5) is 0 Å². The molecule has 1 aliphatic carbocycles. The van der Waals surface area contributed by atoms with E-state index in [2.05, 4.69) is 4.90 Å². The summed E-state index contributed by atoms with van der Waals surface area (Å²) in [5.74, 6) is 0.110. The standard InChI is InChI=1S/C12H21NO2/c14-12(15)9-13-8-4-7-11(13)10-5-2-1-3-6-10/h10-11H,1-9H2,(H,14,15)/t11-/m0/s1. The zero-order valence-corrected chi connectivity index (χ0v) is 9.32. The van der Waals surface area contributed by atoms with Crippen molar-refractivity contribution in [2.75, 3.05) is 13.1 Å². The maximum Gasteiger partial charge on any atom is 0.317 e. The Morgan fingerprint density at radius 1 is 1.13 bits per heavy atom. The predicted molar refractivity (Wildman–Crippen MR) is 58.8 cm³/mol. The van der Waals surface area contributed by atoms with Crippen LogP contribution in [-0.2, 0) is 4.79 Å². The van der Waals surface area contributed by atoms with Crippen LogP contribution in [0.3, 0.4) is 0 Å². The second-order valence-corrected chi connectivity index (χ2v) is 4.97. The Morgan fingerprint density at radius 2 is 1.87 bits per heavy atom. The highest BCUT2D eigenvalue weighted by Gasteiger charge is 2.32. The van der Waals surface area contributed by atoms with Gasteiger partial charge in [-0.25, -0.2) is 0 Å². The molecule has 1 atom stereocenters. The third-order valence-corrected chi connectivity index (χ3v) is 3.95. The smallest absolute Gasteiger partial charge is 0.317 e. The molecule has 3 nitrogen and oxygen atoms in total. The Bertz CT molecular complexity index is 224. The maximum atomic E-state index is 10.7. The monoisotopic (exact) mass is 211 g/mol. The van der Waals surface area contributed by atoms with Crippen LogP contribution in [0.25, 0.3) is 0 Å². The van der Waals surface area contributed by atoms with Crippen LogP contribution in [0.1, 0.15) is 44.9 Å². The van der Waals surface area contributed by atoms with Crippen molar-refractivity contribution in [3.63, 3.8) is 0 Å². The molecule has 0 aromatic heterocycles. The molecule has 2 aliphatic rings. The van der Waals surface area contributed by atoms with Gasteiger partial charge in [-0.15, -0.1) is 0 Å². The molecule has 2 rings (SSSR count). The van der Waals surface area contributed by atoms with Crippen LogP contribution in [0.2, 0.25) is 0 Å². The highest BCUT2D eigenvalue weighted by molar-refractivity contribution is 5.69. The van der Waals surface area contributed by atoms with E-state index in [1.165, 1.54) is 44.9 Å².